The number of amides is 3. The smallest absolute Gasteiger partial charge is 0.243 e. The molecule has 1 aliphatic heterocycles. The van der Waals surface area contributed by atoms with E-state index in [1.165, 1.54) is 0 Å². The van der Waals surface area contributed by atoms with Gasteiger partial charge in [-0.1, -0.05) is 33.1 Å². The predicted octanol–water partition coefficient (Wildman–Crippen LogP) is 2.64. The minimum absolute atomic E-state index is 0.0187. The number of methoxy groups -OCH3 is 1. The van der Waals surface area contributed by atoms with Gasteiger partial charge in [0.15, 0.2) is 0 Å². The third-order valence-electron chi connectivity index (χ3n) is 6.37. The molecule has 1 aromatic carbocycles. The number of hydrogen-bond donors (Lipinski definition) is 2. The molecule has 7 nitrogen and oxygen atoms in total. The topological polar surface area (TPSA) is 87.7 Å². The van der Waals surface area contributed by atoms with Gasteiger partial charge in [0, 0.05) is 24.7 Å². The van der Waals surface area contributed by atoms with E-state index in [1.54, 1.807) is 24.1 Å². The number of anilines is 1. The molecule has 2 unspecified atom stereocenters. The summed E-state index contributed by atoms with van der Waals surface area (Å²) >= 11 is 0. The van der Waals surface area contributed by atoms with Crippen LogP contribution in [-0.4, -0.2) is 43.5 Å². The summed E-state index contributed by atoms with van der Waals surface area (Å²) in [6.45, 7) is 4.30. The van der Waals surface area contributed by atoms with E-state index in [1.807, 2.05) is 26.0 Å². The Hall–Kier alpha value is -2.57. The quantitative estimate of drug-likeness (QED) is 0.683. The Balaban J connectivity index is 1.63. The lowest BCUT2D eigenvalue weighted by Gasteiger charge is -2.26. The number of carbonyl (C=O) groups excluding carboxylic acids is 3. The van der Waals surface area contributed by atoms with E-state index in [-0.39, 0.29) is 36.1 Å². The van der Waals surface area contributed by atoms with E-state index < -0.39 is 12.0 Å². The number of benzene rings is 1. The van der Waals surface area contributed by atoms with Crippen LogP contribution < -0.4 is 20.3 Å². The molecule has 1 saturated heterocycles. The normalized spacial score (nSPS) is 21.4. The van der Waals surface area contributed by atoms with Crippen LogP contribution in [0.15, 0.2) is 24.3 Å². The van der Waals surface area contributed by atoms with Crippen molar-refractivity contribution in [2.45, 2.75) is 64.5 Å². The highest BCUT2D eigenvalue weighted by Gasteiger charge is 2.37. The van der Waals surface area contributed by atoms with E-state index >= 15 is 0 Å². The third kappa shape index (κ3) is 5.12. The van der Waals surface area contributed by atoms with Crippen LogP contribution in [0.25, 0.3) is 0 Å². The maximum absolute atomic E-state index is 13.0. The van der Waals surface area contributed by atoms with Crippen molar-refractivity contribution in [2.24, 2.45) is 11.8 Å². The zero-order valence-corrected chi connectivity index (χ0v) is 18.1. The van der Waals surface area contributed by atoms with Crippen LogP contribution >= 0.6 is 0 Å². The van der Waals surface area contributed by atoms with Crippen LogP contribution in [-0.2, 0) is 14.4 Å². The fourth-order valence-electron chi connectivity index (χ4n) is 4.23. The summed E-state index contributed by atoms with van der Waals surface area (Å²) in [6.07, 6.45) is 5.20. The van der Waals surface area contributed by atoms with Crippen molar-refractivity contribution in [3.8, 4) is 5.75 Å². The Kier molecular flexibility index (Phi) is 7.34. The van der Waals surface area contributed by atoms with Crippen LogP contribution in [0.4, 0.5) is 5.69 Å². The second-order valence-corrected chi connectivity index (χ2v) is 8.47. The maximum atomic E-state index is 13.0. The van der Waals surface area contributed by atoms with Crippen molar-refractivity contribution < 1.29 is 19.1 Å². The van der Waals surface area contributed by atoms with Crippen molar-refractivity contribution >= 4 is 23.4 Å². The van der Waals surface area contributed by atoms with Crippen LogP contribution in [0.1, 0.15) is 52.4 Å². The number of ether oxygens (including phenoxy) is 1. The molecule has 0 bridgehead atoms. The van der Waals surface area contributed by atoms with Gasteiger partial charge in [-0.15, -0.1) is 0 Å². The summed E-state index contributed by atoms with van der Waals surface area (Å²) in [5, 5.41) is 6.05. The van der Waals surface area contributed by atoms with E-state index in [2.05, 4.69) is 10.6 Å². The lowest BCUT2D eigenvalue weighted by atomic mass is 9.96. The molecule has 164 valence electrons. The number of nitrogens with zero attached hydrogens (tertiary/aromatic N) is 1. The summed E-state index contributed by atoms with van der Waals surface area (Å²) in [5.74, 6) is -0.164. The Labute approximate surface area is 178 Å². The third-order valence-corrected chi connectivity index (χ3v) is 6.37. The van der Waals surface area contributed by atoms with Crippen molar-refractivity contribution in [3.63, 3.8) is 0 Å². The summed E-state index contributed by atoms with van der Waals surface area (Å²) in [4.78, 5) is 39.9. The molecule has 1 heterocycles. The molecule has 0 aromatic heterocycles. The van der Waals surface area contributed by atoms with Crippen LogP contribution in [0.2, 0.25) is 0 Å². The molecule has 3 atom stereocenters. The van der Waals surface area contributed by atoms with Gasteiger partial charge < -0.3 is 20.3 Å². The fraction of sp³-hybridized carbons (Fsp3) is 0.609. The van der Waals surface area contributed by atoms with E-state index in [0.29, 0.717) is 12.3 Å². The largest absolute Gasteiger partial charge is 0.497 e. The van der Waals surface area contributed by atoms with Crippen molar-refractivity contribution in [2.75, 3.05) is 18.6 Å². The van der Waals surface area contributed by atoms with Crippen LogP contribution in [0.3, 0.4) is 0 Å². The molecule has 1 saturated carbocycles. The summed E-state index contributed by atoms with van der Waals surface area (Å²) < 4.78 is 5.16. The highest BCUT2D eigenvalue weighted by molar-refractivity contribution is 6.01. The highest BCUT2D eigenvalue weighted by Crippen LogP contribution is 2.27. The Morgan fingerprint density at radius 2 is 1.87 bits per heavy atom. The number of nitrogens with one attached hydrogen (secondary N) is 2. The highest BCUT2D eigenvalue weighted by atomic mass is 16.5. The number of rotatable bonds is 8. The first-order valence-electron chi connectivity index (χ1n) is 11.0. The first kappa shape index (κ1) is 22.1. The lowest BCUT2D eigenvalue weighted by molar-refractivity contribution is -0.132. The average Bonchev–Trinajstić information content (AvgIpc) is 3.40. The molecule has 30 heavy (non-hydrogen) atoms. The second-order valence-electron chi connectivity index (χ2n) is 8.47. The Morgan fingerprint density at radius 1 is 1.20 bits per heavy atom. The summed E-state index contributed by atoms with van der Waals surface area (Å²) in [7, 11) is 1.59. The first-order chi connectivity index (χ1) is 14.4. The van der Waals surface area contributed by atoms with E-state index in [0.717, 1.165) is 37.8 Å². The van der Waals surface area contributed by atoms with Gasteiger partial charge in [0.2, 0.25) is 17.7 Å². The predicted molar refractivity (Wildman–Crippen MR) is 115 cm³/mol. The molecular weight excluding hydrogens is 382 g/mol. The fourth-order valence-corrected chi connectivity index (χ4v) is 4.23. The van der Waals surface area contributed by atoms with Gasteiger partial charge in [0.25, 0.3) is 0 Å². The molecule has 1 aliphatic carbocycles. The van der Waals surface area contributed by atoms with Crippen molar-refractivity contribution in [3.05, 3.63) is 24.3 Å². The standard InChI is InChI=1S/C23H33N3O4/c1-4-15(2)21(23(29)24-17-7-5-6-8-17)25-22(28)16-13-20(27)26(14-16)18-9-11-19(30-3)12-10-18/h9-12,15-17,21H,4-8,13-14H2,1-3H3,(H,24,29)(H,25,28)/t15?,16?,21-/m1/s1. The molecule has 2 N–H and O–H groups in total. The lowest BCUT2D eigenvalue weighted by Crippen LogP contribution is -2.53. The summed E-state index contributed by atoms with van der Waals surface area (Å²) in [6, 6.07) is 6.85. The molecule has 0 spiro atoms. The molecule has 2 aliphatic rings. The van der Waals surface area contributed by atoms with Gasteiger partial charge >= 0.3 is 0 Å². The molecule has 3 rings (SSSR count). The molecule has 1 aromatic rings. The molecular formula is C23H33N3O4. The minimum atomic E-state index is -0.576. The number of hydrogen-bond acceptors (Lipinski definition) is 4. The Morgan fingerprint density at radius 3 is 2.47 bits per heavy atom. The molecule has 2 fully saturated rings. The average molecular weight is 416 g/mol. The van der Waals surface area contributed by atoms with Crippen molar-refractivity contribution in [1.29, 1.82) is 0 Å². The van der Waals surface area contributed by atoms with Crippen molar-refractivity contribution in [1.82, 2.24) is 10.6 Å². The van der Waals surface area contributed by atoms with E-state index in [9.17, 15) is 14.4 Å². The summed E-state index contributed by atoms with van der Waals surface area (Å²) in [5.41, 5.74) is 0.744. The number of carbonyl (C=O) groups is 3. The second kappa shape index (κ2) is 9.96. The first-order valence-corrected chi connectivity index (χ1v) is 11.0. The van der Waals surface area contributed by atoms with Gasteiger partial charge in [-0.25, -0.2) is 0 Å². The van der Waals surface area contributed by atoms with E-state index in [4.69, 9.17) is 4.74 Å². The van der Waals surface area contributed by atoms with Gasteiger partial charge in [-0.05, 0) is 43.0 Å². The SMILES string of the molecule is CCC(C)[C@@H](NC(=O)C1CC(=O)N(c2ccc(OC)cc2)C1)C(=O)NC1CCCC1. The molecule has 0 radical (unpaired) electrons. The molecule has 7 heteroatoms. The minimum Gasteiger partial charge on any atom is -0.497 e. The van der Waals surface area contributed by atoms with Gasteiger partial charge in [0.1, 0.15) is 11.8 Å². The zero-order chi connectivity index (χ0) is 21.7. The van der Waals surface area contributed by atoms with Gasteiger partial charge in [-0.2, -0.15) is 0 Å². The molecule has 3 amide bonds. The maximum Gasteiger partial charge on any atom is 0.243 e. The zero-order valence-electron chi connectivity index (χ0n) is 18.1. The Bertz CT molecular complexity index is 758. The monoisotopic (exact) mass is 415 g/mol. The van der Waals surface area contributed by atoms with Gasteiger partial charge in [-0.3, -0.25) is 14.4 Å². The van der Waals surface area contributed by atoms with Crippen LogP contribution in [0.5, 0.6) is 5.75 Å². The van der Waals surface area contributed by atoms with Gasteiger partial charge in [0.05, 0.1) is 13.0 Å². The van der Waals surface area contributed by atoms with Crippen LogP contribution in [0, 0.1) is 11.8 Å².